The first-order valence-electron chi connectivity index (χ1n) is 10.1. The van der Waals surface area contributed by atoms with E-state index in [0.29, 0.717) is 29.4 Å². The Kier molecular flexibility index (Phi) is 13.7. The third kappa shape index (κ3) is 11.9. The van der Waals surface area contributed by atoms with E-state index in [0.717, 1.165) is 12.8 Å². The van der Waals surface area contributed by atoms with Crippen molar-refractivity contribution in [1.29, 1.82) is 0 Å². The van der Waals surface area contributed by atoms with E-state index in [1.54, 1.807) is 6.92 Å². The maximum Gasteiger partial charge on any atom is 0.330 e. The minimum Gasteiger partial charge on any atom is -0.478 e. The Morgan fingerprint density at radius 1 is 1.08 bits per heavy atom. The van der Waals surface area contributed by atoms with Gasteiger partial charge in [0.2, 0.25) is 0 Å². The summed E-state index contributed by atoms with van der Waals surface area (Å²) >= 11 is 0. The van der Waals surface area contributed by atoms with Gasteiger partial charge in [-0.05, 0) is 44.4 Å². The van der Waals surface area contributed by atoms with Crippen LogP contribution in [0, 0.1) is 11.8 Å². The predicted molar refractivity (Wildman–Crippen MR) is 107 cm³/mol. The number of hydrogen-bond acceptors (Lipinski definition) is 2. The van der Waals surface area contributed by atoms with Crippen LogP contribution < -0.4 is 0 Å². The van der Waals surface area contributed by atoms with E-state index in [-0.39, 0.29) is 0 Å². The Morgan fingerprint density at radius 2 is 1.69 bits per heavy atom. The molecule has 1 rings (SSSR count). The molecule has 0 aromatic heterocycles. The summed E-state index contributed by atoms with van der Waals surface area (Å²) in [6.07, 6.45) is 14.5. The zero-order chi connectivity index (χ0) is 19.9. The van der Waals surface area contributed by atoms with Gasteiger partial charge >= 0.3 is 11.9 Å². The van der Waals surface area contributed by atoms with Crippen molar-refractivity contribution in [2.75, 3.05) is 0 Å². The lowest BCUT2D eigenvalue weighted by molar-refractivity contribution is -0.133. The van der Waals surface area contributed by atoms with E-state index in [9.17, 15) is 9.59 Å². The third-order valence-corrected chi connectivity index (χ3v) is 5.17. The highest BCUT2D eigenvalue weighted by molar-refractivity contribution is 5.86. The van der Waals surface area contributed by atoms with E-state index in [1.807, 2.05) is 6.08 Å². The minimum absolute atomic E-state index is 0.347. The molecular formula is C22H38O4. The fraction of sp³-hybridized carbons (Fsp3) is 0.727. The van der Waals surface area contributed by atoms with E-state index in [4.69, 9.17) is 10.2 Å². The van der Waals surface area contributed by atoms with Gasteiger partial charge in [0.15, 0.2) is 0 Å². The van der Waals surface area contributed by atoms with Gasteiger partial charge in [0, 0.05) is 11.1 Å². The molecular weight excluding hydrogens is 328 g/mol. The fourth-order valence-corrected chi connectivity index (χ4v) is 3.26. The molecule has 26 heavy (non-hydrogen) atoms. The molecule has 0 aliphatic heterocycles. The normalized spacial score (nSPS) is 16.3. The molecule has 0 aromatic rings. The number of carboxylic acids is 2. The molecule has 0 radical (unpaired) electrons. The topological polar surface area (TPSA) is 74.6 Å². The summed E-state index contributed by atoms with van der Waals surface area (Å²) in [6.45, 7) is 9.57. The standard InChI is InChI=1S/C12H22O2.C10H16O2/c1-4-6-7-11(5-2)9-8-10(3)12(13)14;1-8(10(11)12)7-9-5-3-2-4-6-9/h11H,3-9H2,1-2H3,(H,13,14);7,9H,2-6H2,1H3,(H,11,12). The van der Waals surface area contributed by atoms with E-state index >= 15 is 0 Å². The summed E-state index contributed by atoms with van der Waals surface area (Å²) in [5, 5.41) is 17.3. The number of hydrogen-bond donors (Lipinski definition) is 2. The van der Waals surface area contributed by atoms with Crippen LogP contribution in [0.4, 0.5) is 0 Å². The molecule has 1 aliphatic carbocycles. The van der Waals surface area contributed by atoms with Gasteiger partial charge in [-0.3, -0.25) is 0 Å². The van der Waals surface area contributed by atoms with Crippen molar-refractivity contribution in [2.45, 2.75) is 91.4 Å². The van der Waals surface area contributed by atoms with Crippen LogP contribution >= 0.6 is 0 Å². The van der Waals surface area contributed by atoms with Crippen molar-refractivity contribution in [3.63, 3.8) is 0 Å². The SMILES string of the molecule is C=C(CCC(CC)CCCC)C(=O)O.CC(=CC1CCCCC1)C(=O)O. The van der Waals surface area contributed by atoms with E-state index < -0.39 is 11.9 Å². The molecule has 1 saturated carbocycles. The summed E-state index contributed by atoms with van der Waals surface area (Å²) in [4.78, 5) is 21.0. The minimum atomic E-state index is -0.852. The molecule has 0 aromatic carbocycles. The molecule has 4 heteroatoms. The molecule has 1 aliphatic rings. The number of aliphatic carboxylic acids is 2. The van der Waals surface area contributed by atoms with Crippen LogP contribution in [0.3, 0.4) is 0 Å². The van der Waals surface area contributed by atoms with Crippen LogP contribution in [0.5, 0.6) is 0 Å². The van der Waals surface area contributed by atoms with Crippen molar-refractivity contribution in [2.24, 2.45) is 11.8 Å². The molecule has 1 unspecified atom stereocenters. The van der Waals surface area contributed by atoms with Crippen LogP contribution in [0.25, 0.3) is 0 Å². The maximum absolute atomic E-state index is 10.5. The first-order valence-corrected chi connectivity index (χ1v) is 10.1. The van der Waals surface area contributed by atoms with Crippen molar-refractivity contribution >= 4 is 11.9 Å². The van der Waals surface area contributed by atoms with Crippen LogP contribution in [-0.2, 0) is 9.59 Å². The Bertz CT molecular complexity index is 459. The number of allylic oxidation sites excluding steroid dienone is 1. The van der Waals surface area contributed by atoms with Gasteiger partial charge in [0.25, 0.3) is 0 Å². The quantitative estimate of drug-likeness (QED) is 0.450. The van der Waals surface area contributed by atoms with Crippen molar-refractivity contribution in [3.8, 4) is 0 Å². The summed E-state index contributed by atoms with van der Waals surface area (Å²) < 4.78 is 0. The Labute approximate surface area is 159 Å². The number of carboxylic acid groups (broad SMARTS) is 2. The second-order valence-corrected chi connectivity index (χ2v) is 7.42. The molecule has 0 spiro atoms. The maximum atomic E-state index is 10.5. The van der Waals surface area contributed by atoms with Gasteiger partial charge in [-0.1, -0.05) is 71.4 Å². The largest absolute Gasteiger partial charge is 0.478 e. The zero-order valence-corrected chi connectivity index (χ0v) is 16.9. The summed E-state index contributed by atoms with van der Waals surface area (Å²) in [7, 11) is 0. The highest BCUT2D eigenvalue weighted by Gasteiger charge is 2.12. The van der Waals surface area contributed by atoms with E-state index in [2.05, 4.69) is 20.4 Å². The van der Waals surface area contributed by atoms with E-state index in [1.165, 1.54) is 51.4 Å². The average molecular weight is 367 g/mol. The van der Waals surface area contributed by atoms with Crippen LogP contribution in [0.1, 0.15) is 91.4 Å². The third-order valence-electron chi connectivity index (χ3n) is 5.17. The first kappa shape index (κ1) is 24.4. The second-order valence-electron chi connectivity index (χ2n) is 7.42. The van der Waals surface area contributed by atoms with Gasteiger partial charge in [0.05, 0.1) is 0 Å². The summed E-state index contributed by atoms with van der Waals surface area (Å²) in [5.41, 5.74) is 0.849. The predicted octanol–water partition coefficient (Wildman–Crippen LogP) is 6.22. The fourth-order valence-electron chi connectivity index (χ4n) is 3.26. The van der Waals surface area contributed by atoms with Crippen LogP contribution in [-0.4, -0.2) is 22.2 Å². The van der Waals surface area contributed by atoms with Gasteiger partial charge in [-0.2, -0.15) is 0 Å². The Morgan fingerprint density at radius 3 is 2.15 bits per heavy atom. The highest BCUT2D eigenvalue weighted by Crippen LogP contribution is 2.25. The molecule has 0 bridgehead atoms. The molecule has 0 saturated heterocycles. The number of rotatable bonds is 10. The van der Waals surface area contributed by atoms with Crippen molar-refractivity contribution in [3.05, 3.63) is 23.8 Å². The lowest BCUT2D eigenvalue weighted by atomic mass is 9.88. The molecule has 2 N–H and O–H groups in total. The average Bonchev–Trinajstić information content (AvgIpc) is 2.62. The molecule has 1 atom stereocenters. The van der Waals surface area contributed by atoms with Crippen molar-refractivity contribution in [1.82, 2.24) is 0 Å². The number of carbonyl (C=O) groups is 2. The van der Waals surface area contributed by atoms with Gasteiger partial charge < -0.3 is 10.2 Å². The highest BCUT2D eigenvalue weighted by atomic mass is 16.4. The molecule has 4 nitrogen and oxygen atoms in total. The smallest absolute Gasteiger partial charge is 0.330 e. The van der Waals surface area contributed by atoms with Gasteiger partial charge in [-0.15, -0.1) is 0 Å². The molecule has 0 amide bonds. The molecule has 150 valence electrons. The number of unbranched alkanes of at least 4 members (excludes halogenated alkanes) is 1. The van der Waals surface area contributed by atoms with Crippen LogP contribution in [0.2, 0.25) is 0 Å². The Hall–Kier alpha value is -1.58. The summed E-state index contributed by atoms with van der Waals surface area (Å²) in [5.74, 6) is -0.434. The molecule has 0 heterocycles. The first-order chi connectivity index (χ1) is 12.3. The van der Waals surface area contributed by atoms with Crippen molar-refractivity contribution < 1.29 is 19.8 Å². The monoisotopic (exact) mass is 366 g/mol. The second kappa shape index (κ2) is 14.6. The summed E-state index contributed by atoms with van der Waals surface area (Å²) in [6, 6.07) is 0. The zero-order valence-electron chi connectivity index (χ0n) is 16.9. The van der Waals surface area contributed by atoms with Crippen LogP contribution in [0.15, 0.2) is 23.8 Å². The lowest BCUT2D eigenvalue weighted by Gasteiger charge is -2.18. The molecule has 1 fully saturated rings. The lowest BCUT2D eigenvalue weighted by Crippen LogP contribution is -2.06. The Balaban J connectivity index is 0.000000485. The van der Waals surface area contributed by atoms with Gasteiger partial charge in [-0.25, -0.2) is 9.59 Å². The van der Waals surface area contributed by atoms with Gasteiger partial charge in [0.1, 0.15) is 0 Å².